The summed E-state index contributed by atoms with van der Waals surface area (Å²) in [7, 11) is 0. The van der Waals surface area contributed by atoms with Crippen LogP contribution in [0.3, 0.4) is 0 Å². The van der Waals surface area contributed by atoms with Crippen LogP contribution in [-0.4, -0.2) is 11.4 Å². The van der Waals surface area contributed by atoms with Gasteiger partial charge in [0.2, 0.25) is 0 Å². The molecule has 1 aliphatic carbocycles. The minimum absolute atomic E-state index is 0.321. The minimum atomic E-state index is 0.321. The smallest absolute Gasteiger partial charge is 0.0369 e. The number of hydrogen-bond donors (Lipinski definition) is 1. The van der Waals surface area contributed by atoms with E-state index in [0.717, 1.165) is 12.8 Å². The highest BCUT2D eigenvalue weighted by Crippen LogP contribution is 2.38. The van der Waals surface area contributed by atoms with E-state index in [-0.39, 0.29) is 0 Å². The van der Waals surface area contributed by atoms with Gasteiger partial charge in [-0.3, -0.25) is 0 Å². The summed E-state index contributed by atoms with van der Waals surface area (Å²) >= 11 is 6.45. The number of halogens is 1. The summed E-state index contributed by atoms with van der Waals surface area (Å²) in [6, 6.07) is 0.386. The van der Waals surface area contributed by atoms with Gasteiger partial charge in [0.1, 0.15) is 0 Å². The topological polar surface area (TPSA) is 26.0 Å². The van der Waals surface area contributed by atoms with Gasteiger partial charge < -0.3 is 5.73 Å². The van der Waals surface area contributed by atoms with Gasteiger partial charge in [0.15, 0.2) is 0 Å². The summed E-state index contributed by atoms with van der Waals surface area (Å²) in [5.74, 6) is 0.650. The molecule has 1 aliphatic rings. The molecule has 0 spiro atoms. The Hall–Kier alpha value is 0.250. The lowest BCUT2D eigenvalue weighted by atomic mass is 9.73. The first kappa shape index (κ1) is 12.3. The molecule has 84 valence electrons. The van der Waals surface area contributed by atoms with E-state index in [1.165, 1.54) is 19.3 Å². The highest BCUT2D eigenvalue weighted by Gasteiger charge is 2.31. The van der Waals surface area contributed by atoms with Crippen molar-refractivity contribution >= 4 is 11.6 Å². The Morgan fingerprint density at radius 1 is 1.07 bits per heavy atom. The van der Waals surface area contributed by atoms with Crippen molar-refractivity contribution in [3.05, 3.63) is 0 Å². The lowest BCUT2D eigenvalue weighted by Gasteiger charge is -2.36. The van der Waals surface area contributed by atoms with E-state index in [1.807, 2.05) is 0 Å². The average molecular weight is 218 g/mol. The van der Waals surface area contributed by atoms with Crippen molar-refractivity contribution in [3.8, 4) is 0 Å². The molecule has 0 bridgehead atoms. The number of alkyl halides is 1. The van der Waals surface area contributed by atoms with Crippen molar-refractivity contribution in [1.82, 2.24) is 0 Å². The molecule has 0 aromatic carbocycles. The van der Waals surface area contributed by atoms with Gasteiger partial charge in [-0.1, -0.05) is 27.2 Å². The lowest BCUT2D eigenvalue weighted by Crippen LogP contribution is -2.33. The Morgan fingerprint density at radius 2 is 1.71 bits per heavy atom. The number of rotatable bonds is 0. The van der Waals surface area contributed by atoms with Crippen molar-refractivity contribution in [3.63, 3.8) is 0 Å². The molecular formula is C12H24ClN. The zero-order valence-corrected chi connectivity index (χ0v) is 10.5. The molecular weight excluding hydrogens is 194 g/mol. The largest absolute Gasteiger partial charge is 0.328 e. The van der Waals surface area contributed by atoms with E-state index in [9.17, 15) is 0 Å². The second-order valence-corrected chi connectivity index (χ2v) is 6.32. The van der Waals surface area contributed by atoms with Crippen molar-refractivity contribution in [2.75, 3.05) is 0 Å². The number of nitrogens with two attached hydrogens (primary N) is 1. The fourth-order valence-electron chi connectivity index (χ4n) is 2.48. The third-order valence-electron chi connectivity index (χ3n) is 3.45. The average Bonchev–Trinajstić information content (AvgIpc) is 2.03. The maximum absolute atomic E-state index is 6.45. The maximum Gasteiger partial charge on any atom is 0.0369 e. The van der Waals surface area contributed by atoms with Crippen molar-refractivity contribution in [2.24, 2.45) is 17.1 Å². The predicted molar refractivity (Wildman–Crippen MR) is 63.6 cm³/mol. The SMILES string of the molecule is CC(C)(C)C1CCCC(N)CCC1Cl. The quantitative estimate of drug-likeness (QED) is 0.618. The van der Waals surface area contributed by atoms with Crippen molar-refractivity contribution < 1.29 is 0 Å². The van der Waals surface area contributed by atoms with Gasteiger partial charge in [-0.15, -0.1) is 11.6 Å². The molecule has 0 radical (unpaired) electrons. The highest BCUT2D eigenvalue weighted by molar-refractivity contribution is 6.20. The van der Waals surface area contributed by atoms with Gasteiger partial charge in [0.05, 0.1) is 0 Å². The third kappa shape index (κ3) is 3.43. The van der Waals surface area contributed by atoms with Gasteiger partial charge in [-0.25, -0.2) is 0 Å². The second kappa shape index (κ2) is 4.85. The van der Waals surface area contributed by atoms with Crippen molar-refractivity contribution in [2.45, 2.75) is 64.3 Å². The van der Waals surface area contributed by atoms with Crippen LogP contribution in [-0.2, 0) is 0 Å². The Bertz CT molecular complexity index is 174. The lowest BCUT2D eigenvalue weighted by molar-refractivity contribution is 0.194. The maximum atomic E-state index is 6.45. The fourth-order valence-corrected chi connectivity index (χ4v) is 3.11. The van der Waals surface area contributed by atoms with E-state index >= 15 is 0 Å². The summed E-state index contributed by atoms with van der Waals surface area (Å²) in [5.41, 5.74) is 6.30. The van der Waals surface area contributed by atoms with Crippen LogP contribution in [0.15, 0.2) is 0 Å². The fraction of sp³-hybridized carbons (Fsp3) is 1.00. The molecule has 3 unspecified atom stereocenters. The summed E-state index contributed by atoms with van der Waals surface area (Å²) < 4.78 is 0. The molecule has 1 fully saturated rings. The van der Waals surface area contributed by atoms with Crippen LogP contribution in [0.25, 0.3) is 0 Å². The molecule has 1 rings (SSSR count). The van der Waals surface area contributed by atoms with E-state index in [4.69, 9.17) is 17.3 Å². The second-order valence-electron chi connectivity index (χ2n) is 5.76. The van der Waals surface area contributed by atoms with Crippen LogP contribution in [0.2, 0.25) is 0 Å². The monoisotopic (exact) mass is 217 g/mol. The zero-order chi connectivity index (χ0) is 10.8. The summed E-state index contributed by atoms with van der Waals surface area (Å²) in [4.78, 5) is 0. The molecule has 0 aromatic heterocycles. The Labute approximate surface area is 93.4 Å². The molecule has 1 nitrogen and oxygen atoms in total. The molecule has 14 heavy (non-hydrogen) atoms. The Kier molecular flexibility index (Phi) is 4.27. The van der Waals surface area contributed by atoms with Crippen LogP contribution in [0.4, 0.5) is 0 Å². The Morgan fingerprint density at radius 3 is 2.29 bits per heavy atom. The molecule has 1 saturated carbocycles. The number of hydrogen-bond acceptors (Lipinski definition) is 1. The summed E-state index contributed by atoms with van der Waals surface area (Å²) in [5, 5.41) is 0.321. The molecule has 0 heterocycles. The molecule has 0 saturated heterocycles. The van der Waals surface area contributed by atoms with Gasteiger partial charge in [-0.2, -0.15) is 0 Å². The van der Waals surface area contributed by atoms with Gasteiger partial charge in [0.25, 0.3) is 0 Å². The van der Waals surface area contributed by atoms with E-state index < -0.39 is 0 Å². The predicted octanol–water partition coefficient (Wildman–Crippen LogP) is 3.55. The molecule has 2 N–H and O–H groups in total. The van der Waals surface area contributed by atoms with Crippen LogP contribution in [0, 0.1) is 11.3 Å². The van der Waals surface area contributed by atoms with Crippen molar-refractivity contribution in [1.29, 1.82) is 0 Å². The summed E-state index contributed by atoms with van der Waals surface area (Å²) in [6.45, 7) is 6.90. The molecule has 0 aromatic rings. The van der Waals surface area contributed by atoms with Crippen LogP contribution >= 0.6 is 11.6 Å². The Balaban J connectivity index is 2.58. The van der Waals surface area contributed by atoms with Gasteiger partial charge in [0, 0.05) is 11.4 Å². The van der Waals surface area contributed by atoms with Crippen LogP contribution in [0.5, 0.6) is 0 Å². The first-order valence-corrected chi connectivity index (χ1v) is 6.24. The molecule has 0 amide bonds. The molecule has 3 atom stereocenters. The normalized spacial score (nSPS) is 36.2. The third-order valence-corrected chi connectivity index (χ3v) is 3.97. The van der Waals surface area contributed by atoms with E-state index in [0.29, 0.717) is 22.8 Å². The standard InChI is InChI=1S/C12H24ClN/c1-12(2,3)10-6-4-5-9(14)7-8-11(10)13/h9-11H,4-8,14H2,1-3H3. The van der Waals surface area contributed by atoms with Gasteiger partial charge >= 0.3 is 0 Å². The highest BCUT2D eigenvalue weighted by atomic mass is 35.5. The zero-order valence-electron chi connectivity index (χ0n) is 9.72. The molecule has 2 heteroatoms. The van der Waals surface area contributed by atoms with Crippen LogP contribution in [0.1, 0.15) is 52.9 Å². The molecule has 0 aliphatic heterocycles. The summed E-state index contributed by atoms with van der Waals surface area (Å²) in [6.07, 6.45) is 5.85. The van der Waals surface area contributed by atoms with Crippen LogP contribution < -0.4 is 5.73 Å². The van der Waals surface area contributed by atoms with Gasteiger partial charge in [-0.05, 0) is 37.0 Å². The minimum Gasteiger partial charge on any atom is -0.328 e. The van der Waals surface area contributed by atoms with E-state index in [1.54, 1.807) is 0 Å². The van der Waals surface area contributed by atoms with E-state index in [2.05, 4.69) is 20.8 Å². The first-order valence-electron chi connectivity index (χ1n) is 5.81. The first-order chi connectivity index (χ1) is 6.41.